The van der Waals surface area contributed by atoms with Crippen molar-refractivity contribution in [1.29, 1.82) is 0 Å². The van der Waals surface area contributed by atoms with Crippen LogP contribution in [0.2, 0.25) is 0 Å². The van der Waals surface area contributed by atoms with Crippen molar-refractivity contribution in [1.82, 2.24) is 0 Å². The maximum absolute atomic E-state index is 11.7. The van der Waals surface area contributed by atoms with Gasteiger partial charge in [-0.3, -0.25) is 14.4 Å². The van der Waals surface area contributed by atoms with Gasteiger partial charge in [-0.25, -0.2) is 0 Å². The number of hydrogen-bond donors (Lipinski definition) is 3. The summed E-state index contributed by atoms with van der Waals surface area (Å²) in [7, 11) is 0. The molecule has 0 fully saturated rings. The molecule has 20 heavy (non-hydrogen) atoms. The molecule has 0 aromatic carbocycles. The molecule has 0 spiro atoms. The summed E-state index contributed by atoms with van der Waals surface area (Å²) in [5.74, 6) is -1.98. The van der Waals surface area contributed by atoms with Crippen molar-refractivity contribution in [3.05, 3.63) is 16.0 Å². The van der Waals surface area contributed by atoms with E-state index in [9.17, 15) is 14.4 Å². The number of rotatable bonds is 5. The molecule has 108 valence electrons. The number of anilines is 1. The highest BCUT2D eigenvalue weighted by molar-refractivity contribution is 7.17. The minimum Gasteiger partial charge on any atom is -0.481 e. The smallest absolute Gasteiger partial charge is 0.303 e. The van der Waals surface area contributed by atoms with Crippen LogP contribution in [0, 0.1) is 0 Å². The first-order valence-electron chi connectivity index (χ1n) is 6.45. The van der Waals surface area contributed by atoms with E-state index in [1.165, 1.54) is 11.3 Å². The van der Waals surface area contributed by atoms with Gasteiger partial charge >= 0.3 is 5.97 Å². The van der Waals surface area contributed by atoms with Crippen molar-refractivity contribution < 1.29 is 19.5 Å². The lowest BCUT2D eigenvalue weighted by Gasteiger charge is -2.11. The molecule has 1 aromatic heterocycles. The molecular formula is C13H16N2O4S. The minimum atomic E-state index is -1.03. The number of fused-ring (bicyclic) bond motifs is 1. The number of carbonyl (C=O) groups excluding carboxylic acids is 2. The predicted octanol–water partition coefficient (Wildman–Crippen LogP) is 1.53. The molecule has 0 saturated carbocycles. The Balaban J connectivity index is 2.18. The summed E-state index contributed by atoms with van der Waals surface area (Å²) in [6.45, 7) is 0. The van der Waals surface area contributed by atoms with Crippen LogP contribution in [0.15, 0.2) is 0 Å². The van der Waals surface area contributed by atoms with E-state index >= 15 is 0 Å². The van der Waals surface area contributed by atoms with Crippen molar-refractivity contribution in [2.75, 3.05) is 5.32 Å². The summed E-state index contributed by atoms with van der Waals surface area (Å²) >= 11 is 1.37. The van der Waals surface area contributed by atoms with Gasteiger partial charge in [0.05, 0.1) is 12.0 Å². The Labute approximate surface area is 120 Å². The van der Waals surface area contributed by atoms with Gasteiger partial charge in [0.2, 0.25) is 5.91 Å². The van der Waals surface area contributed by atoms with Crippen LogP contribution < -0.4 is 11.1 Å². The lowest BCUT2D eigenvalue weighted by molar-refractivity contribution is -0.138. The number of amides is 2. The Morgan fingerprint density at radius 2 is 1.90 bits per heavy atom. The molecule has 2 amide bonds. The van der Waals surface area contributed by atoms with Crippen LogP contribution in [-0.2, 0) is 22.4 Å². The molecule has 1 aromatic rings. The van der Waals surface area contributed by atoms with Crippen LogP contribution in [0.1, 0.15) is 46.5 Å². The number of hydrogen-bond acceptors (Lipinski definition) is 4. The molecule has 0 saturated heterocycles. The Morgan fingerprint density at radius 3 is 2.55 bits per heavy atom. The summed E-state index contributed by atoms with van der Waals surface area (Å²) in [5.41, 5.74) is 6.75. The fourth-order valence-corrected chi connectivity index (χ4v) is 3.64. The normalized spacial score (nSPS) is 13.6. The number of thiophene rings is 1. The third-order valence-electron chi connectivity index (χ3n) is 3.24. The summed E-state index contributed by atoms with van der Waals surface area (Å²) in [6.07, 6.45) is 3.42. The Kier molecular flexibility index (Phi) is 4.39. The summed E-state index contributed by atoms with van der Waals surface area (Å²) < 4.78 is 0. The van der Waals surface area contributed by atoms with Gasteiger partial charge in [-0.15, -0.1) is 11.3 Å². The first-order chi connectivity index (χ1) is 9.49. The molecule has 2 rings (SSSR count). The summed E-state index contributed by atoms with van der Waals surface area (Å²) in [4.78, 5) is 34.8. The maximum atomic E-state index is 11.7. The van der Waals surface area contributed by atoms with Crippen LogP contribution in [-0.4, -0.2) is 22.9 Å². The third-order valence-corrected chi connectivity index (χ3v) is 4.44. The van der Waals surface area contributed by atoms with Gasteiger partial charge in [0, 0.05) is 11.3 Å². The number of aliphatic carboxylic acids is 1. The van der Waals surface area contributed by atoms with Crippen LogP contribution in [0.25, 0.3) is 0 Å². The van der Waals surface area contributed by atoms with E-state index in [-0.39, 0.29) is 12.8 Å². The quantitative estimate of drug-likeness (QED) is 0.765. The number of carbonyl (C=O) groups is 3. The number of primary amides is 1. The van der Waals surface area contributed by atoms with E-state index in [1.54, 1.807) is 0 Å². The Bertz CT molecular complexity index is 565. The molecule has 1 heterocycles. The monoisotopic (exact) mass is 296 g/mol. The summed E-state index contributed by atoms with van der Waals surface area (Å²) in [5, 5.41) is 11.6. The second-order valence-corrected chi connectivity index (χ2v) is 5.83. The first-order valence-corrected chi connectivity index (χ1v) is 7.26. The zero-order chi connectivity index (χ0) is 14.7. The van der Waals surface area contributed by atoms with E-state index < -0.39 is 17.8 Å². The van der Waals surface area contributed by atoms with Crippen LogP contribution in [0.5, 0.6) is 0 Å². The number of nitrogens with two attached hydrogens (primary N) is 1. The van der Waals surface area contributed by atoms with E-state index in [0.717, 1.165) is 36.1 Å². The Hall–Kier alpha value is -1.89. The molecule has 1 aliphatic carbocycles. The highest BCUT2D eigenvalue weighted by Crippen LogP contribution is 2.37. The second-order valence-electron chi connectivity index (χ2n) is 4.72. The summed E-state index contributed by atoms with van der Waals surface area (Å²) in [6, 6.07) is 0. The molecule has 0 atom stereocenters. The van der Waals surface area contributed by atoms with Gasteiger partial charge in [0.1, 0.15) is 5.00 Å². The second kappa shape index (κ2) is 6.04. The molecule has 0 bridgehead atoms. The largest absolute Gasteiger partial charge is 0.481 e. The average Bonchev–Trinajstić information content (AvgIpc) is 2.74. The molecule has 7 heteroatoms. The van der Waals surface area contributed by atoms with E-state index in [0.29, 0.717) is 10.6 Å². The molecule has 0 radical (unpaired) electrons. The average molecular weight is 296 g/mol. The highest BCUT2D eigenvalue weighted by Gasteiger charge is 2.24. The van der Waals surface area contributed by atoms with Crippen molar-refractivity contribution in [3.8, 4) is 0 Å². The minimum absolute atomic E-state index is 0.115. The van der Waals surface area contributed by atoms with Crippen LogP contribution in [0.4, 0.5) is 5.00 Å². The lowest BCUT2D eigenvalue weighted by atomic mass is 9.95. The first kappa shape index (κ1) is 14.5. The van der Waals surface area contributed by atoms with Crippen molar-refractivity contribution in [3.63, 3.8) is 0 Å². The highest BCUT2D eigenvalue weighted by atomic mass is 32.1. The van der Waals surface area contributed by atoms with Gasteiger partial charge in [0.25, 0.3) is 5.91 Å². The Morgan fingerprint density at radius 1 is 1.20 bits per heavy atom. The van der Waals surface area contributed by atoms with E-state index in [1.807, 2.05) is 0 Å². The van der Waals surface area contributed by atoms with Gasteiger partial charge in [0.15, 0.2) is 0 Å². The van der Waals surface area contributed by atoms with Gasteiger partial charge in [-0.05, 0) is 31.2 Å². The van der Waals surface area contributed by atoms with E-state index in [4.69, 9.17) is 10.8 Å². The number of carboxylic acid groups (broad SMARTS) is 1. The molecule has 1 aliphatic rings. The number of aryl methyl sites for hydroxylation is 1. The zero-order valence-electron chi connectivity index (χ0n) is 10.9. The van der Waals surface area contributed by atoms with Gasteiger partial charge in [-0.2, -0.15) is 0 Å². The fourth-order valence-electron chi connectivity index (χ4n) is 2.32. The molecular weight excluding hydrogens is 280 g/mol. The SMILES string of the molecule is NC(=O)c1c(NC(=O)CCC(=O)O)sc2c1CCCC2. The lowest BCUT2D eigenvalue weighted by Crippen LogP contribution is -2.18. The van der Waals surface area contributed by atoms with Crippen molar-refractivity contribution in [2.24, 2.45) is 5.73 Å². The number of carboxylic acids is 1. The maximum Gasteiger partial charge on any atom is 0.303 e. The van der Waals surface area contributed by atoms with Crippen LogP contribution in [0.3, 0.4) is 0 Å². The van der Waals surface area contributed by atoms with E-state index in [2.05, 4.69) is 5.32 Å². The van der Waals surface area contributed by atoms with Gasteiger partial charge < -0.3 is 16.2 Å². The standard InChI is InChI=1S/C13H16N2O4S/c14-12(19)11-7-3-1-2-4-8(7)20-13(11)15-9(16)5-6-10(17)18/h1-6H2,(H2,14,19)(H,15,16)(H,17,18). The van der Waals surface area contributed by atoms with Crippen molar-refractivity contribution >= 4 is 34.1 Å². The number of nitrogens with one attached hydrogen (secondary N) is 1. The molecule has 0 aliphatic heterocycles. The fraction of sp³-hybridized carbons (Fsp3) is 0.462. The third kappa shape index (κ3) is 3.16. The molecule has 0 unspecified atom stereocenters. The van der Waals surface area contributed by atoms with Gasteiger partial charge in [-0.1, -0.05) is 0 Å². The van der Waals surface area contributed by atoms with Crippen molar-refractivity contribution in [2.45, 2.75) is 38.5 Å². The molecule has 4 N–H and O–H groups in total. The molecule has 6 nitrogen and oxygen atoms in total. The predicted molar refractivity (Wildman–Crippen MR) is 75.0 cm³/mol. The van der Waals surface area contributed by atoms with Crippen LogP contribution >= 0.6 is 11.3 Å². The topological polar surface area (TPSA) is 109 Å². The zero-order valence-corrected chi connectivity index (χ0v) is 11.7.